The third-order valence-corrected chi connectivity index (χ3v) is 3.30. The number of thioether (sulfide) groups is 1. The van der Waals surface area contributed by atoms with Gasteiger partial charge in [-0.05, 0) is 18.4 Å². The third-order valence-electron chi connectivity index (χ3n) is 2.62. The van der Waals surface area contributed by atoms with E-state index in [9.17, 15) is 10.1 Å². The second kappa shape index (κ2) is 7.68. The second-order valence-corrected chi connectivity index (χ2v) is 5.47. The van der Waals surface area contributed by atoms with Crippen LogP contribution in [0.25, 0.3) is 0 Å². The van der Waals surface area contributed by atoms with Crippen molar-refractivity contribution in [2.24, 2.45) is 4.99 Å². The largest absolute Gasteiger partial charge is 0.359 e. The van der Waals surface area contributed by atoms with Crippen molar-refractivity contribution in [2.45, 2.75) is 0 Å². The van der Waals surface area contributed by atoms with Crippen LogP contribution >= 0.6 is 11.8 Å². The second-order valence-electron chi connectivity index (χ2n) is 4.67. The van der Waals surface area contributed by atoms with Gasteiger partial charge in [0.05, 0.1) is 10.6 Å². The molecule has 0 radical (unpaired) electrons. The van der Waals surface area contributed by atoms with E-state index in [0.717, 1.165) is 0 Å². The molecule has 6 nitrogen and oxygen atoms in total. The van der Waals surface area contributed by atoms with E-state index in [2.05, 4.69) is 4.99 Å². The van der Waals surface area contributed by atoms with Gasteiger partial charge in [0, 0.05) is 28.2 Å². The van der Waals surface area contributed by atoms with Gasteiger partial charge in [-0.1, -0.05) is 18.2 Å². The fourth-order valence-electron chi connectivity index (χ4n) is 1.89. The van der Waals surface area contributed by atoms with Crippen molar-refractivity contribution >= 4 is 22.5 Å². The van der Waals surface area contributed by atoms with E-state index in [0.29, 0.717) is 16.6 Å². The van der Waals surface area contributed by atoms with Gasteiger partial charge in [-0.25, -0.2) is 4.99 Å². The molecule has 0 atom stereocenters. The molecule has 0 fully saturated rings. The minimum Gasteiger partial charge on any atom is -0.359 e. The van der Waals surface area contributed by atoms with E-state index in [4.69, 9.17) is 0 Å². The minimum atomic E-state index is -0.381. The van der Waals surface area contributed by atoms with Crippen LogP contribution in [0.2, 0.25) is 0 Å². The first-order chi connectivity index (χ1) is 9.88. The van der Waals surface area contributed by atoms with Crippen LogP contribution in [-0.4, -0.2) is 54.2 Å². The number of rotatable bonds is 5. The third kappa shape index (κ3) is 4.49. The maximum absolute atomic E-state index is 11.5. The van der Waals surface area contributed by atoms with Crippen LogP contribution < -0.4 is 0 Å². The van der Waals surface area contributed by atoms with Crippen LogP contribution in [0.3, 0.4) is 0 Å². The molecule has 0 spiro atoms. The highest BCUT2D eigenvalue weighted by Gasteiger charge is 2.28. The molecule has 0 saturated carbocycles. The number of aliphatic imine (C=N–C) groups is 1. The minimum absolute atomic E-state index is 0.00125. The zero-order valence-corrected chi connectivity index (χ0v) is 13.7. The molecule has 0 aliphatic rings. The van der Waals surface area contributed by atoms with Gasteiger partial charge < -0.3 is 9.80 Å². The van der Waals surface area contributed by atoms with Crippen LogP contribution in [0.4, 0.5) is 5.69 Å². The summed E-state index contributed by atoms with van der Waals surface area (Å²) in [6.45, 7) is 0. The Kier molecular flexibility index (Phi) is 6.23. The summed E-state index contributed by atoms with van der Waals surface area (Å²) in [5, 5.41) is 11.9. The van der Waals surface area contributed by atoms with Crippen molar-refractivity contribution in [2.75, 3.05) is 34.4 Å². The zero-order valence-electron chi connectivity index (χ0n) is 12.9. The fraction of sp³-hybridized carbons (Fsp3) is 0.357. The molecule has 0 saturated heterocycles. The lowest BCUT2D eigenvalue weighted by molar-refractivity contribution is -0.417. The van der Waals surface area contributed by atoms with E-state index in [1.165, 1.54) is 11.8 Å². The molecular formula is C14H20N4O2S. The molecule has 0 unspecified atom stereocenters. The number of nitrogens with zero attached hydrogens (tertiary/aromatic N) is 4. The first-order valence-electron chi connectivity index (χ1n) is 6.30. The van der Waals surface area contributed by atoms with Gasteiger partial charge >= 0.3 is 5.70 Å². The van der Waals surface area contributed by atoms with E-state index in [-0.39, 0.29) is 10.6 Å². The van der Waals surface area contributed by atoms with E-state index >= 15 is 0 Å². The van der Waals surface area contributed by atoms with Crippen molar-refractivity contribution in [1.82, 2.24) is 9.80 Å². The molecule has 7 heteroatoms. The average molecular weight is 308 g/mol. The summed E-state index contributed by atoms with van der Waals surface area (Å²) in [5.74, 6) is 0.504. The summed E-state index contributed by atoms with van der Waals surface area (Å²) in [5.41, 5.74) is 0.694. The molecular weight excluding hydrogens is 288 g/mol. The van der Waals surface area contributed by atoms with Gasteiger partial charge in [-0.15, -0.1) is 11.8 Å². The highest BCUT2D eigenvalue weighted by molar-refractivity contribution is 8.13. The predicted octanol–water partition coefficient (Wildman–Crippen LogP) is 2.65. The average Bonchev–Trinajstić information content (AvgIpc) is 2.42. The zero-order chi connectivity index (χ0) is 16.0. The standard InChI is InChI=1S/C14H20N4O2S/c1-16(2)14(17(3)4)12(18(19)20)13(21-5)15-11-9-7-6-8-10-11/h6-10H,1-5H3. The van der Waals surface area contributed by atoms with Gasteiger partial charge in [0.15, 0.2) is 10.9 Å². The molecule has 0 N–H and O–H groups in total. The molecule has 1 aromatic rings. The highest BCUT2D eigenvalue weighted by atomic mass is 32.2. The van der Waals surface area contributed by atoms with Gasteiger partial charge in [-0.2, -0.15) is 0 Å². The van der Waals surface area contributed by atoms with Crippen molar-refractivity contribution in [1.29, 1.82) is 0 Å². The van der Waals surface area contributed by atoms with Crippen molar-refractivity contribution < 1.29 is 4.92 Å². The predicted molar refractivity (Wildman–Crippen MR) is 88.4 cm³/mol. The Morgan fingerprint density at radius 1 is 1.14 bits per heavy atom. The lowest BCUT2D eigenvalue weighted by atomic mass is 10.3. The molecule has 1 rings (SSSR count). The van der Waals surface area contributed by atoms with E-state index < -0.39 is 0 Å². The van der Waals surface area contributed by atoms with E-state index in [1.807, 2.05) is 30.3 Å². The van der Waals surface area contributed by atoms with Crippen LogP contribution in [0.5, 0.6) is 0 Å². The Morgan fingerprint density at radius 3 is 2.05 bits per heavy atom. The fourth-order valence-corrected chi connectivity index (χ4v) is 2.45. The molecule has 0 aliphatic heterocycles. The Balaban J connectivity index is 3.47. The molecule has 0 bridgehead atoms. The molecule has 1 aromatic carbocycles. The van der Waals surface area contributed by atoms with Gasteiger partial charge in [0.1, 0.15) is 0 Å². The van der Waals surface area contributed by atoms with Crippen LogP contribution in [-0.2, 0) is 0 Å². The van der Waals surface area contributed by atoms with Gasteiger partial charge in [0.25, 0.3) is 0 Å². The smallest absolute Gasteiger partial charge is 0.341 e. The van der Waals surface area contributed by atoms with E-state index in [1.54, 1.807) is 44.2 Å². The number of para-hydroxylation sites is 1. The summed E-state index contributed by atoms with van der Waals surface area (Å²) in [6.07, 6.45) is 1.79. The summed E-state index contributed by atoms with van der Waals surface area (Å²) >= 11 is 1.26. The van der Waals surface area contributed by atoms with Crippen molar-refractivity contribution in [3.05, 3.63) is 52.0 Å². The van der Waals surface area contributed by atoms with Gasteiger partial charge in [-0.3, -0.25) is 10.1 Å². The maximum atomic E-state index is 11.5. The SMILES string of the molecule is CSC(=Nc1ccccc1)C(=C(N(C)C)N(C)C)[N+](=O)[O-]. The molecule has 0 aromatic heterocycles. The lowest BCUT2D eigenvalue weighted by Crippen LogP contribution is -2.30. The summed E-state index contributed by atoms with van der Waals surface area (Å²) in [4.78, 5) is 19.0. The maximum Gasteiger partial charge on any atom is 0.341 e. The molecule has 0 heterocycles. The topological polar surface area (TPSA) is 62.0 Å². The number of hydrogen-bond acceptors (Lipinski definition) is 6. The Bertz CT molecular complexity index is 543. The monoisotopic (exact) mass is 308 g/mol. The molecule has 21 heavy (non-hydrogen) atoms. The van der Waals surface area contributed by atoms with Crippen LogP contribution in [0.1, 0.15) is 0 Å². The Morgan fingerprint density at radius 2 is 1.67 bits per heavy atom. The van der Waals surface area contributed by atoms with Crippen LogP contribution in [0.15, 0.2) is 46.8 Å². The first-order valence-corrected chi connectivity index (χ1v) is 7.52. The molecule has 114 valence electrons. The first kappa shape index (κ1) is 17.0. The summed E-state index contributed by atoms with van der Waals surface area (Å²) in [7, 11) is 7.11. The lowest BCUT2D eigenvalue weighted by Gasteiger charge is -2.24. The van der Waals surface area contributed by atoms with Gasteiger partial charge in [0.2, 0.25) is 0 Å². The number of hydrogen-bond donors (Lipinski definition) is 0. The highest BCUT2D eigenvalue weighted by Crippen LogP contribution is 2.22. The normalized spacial score (nSPS) is 11.0. The van der Waals surface area contributed by atoms with Crippen LogP contribution in [0, 0.1) is 10.1 Å². The Hall–Kier alpha value is -2.02. The number of nitro groups is 1. The van der Waals surface area contributed by atoms with Crippen molar-refractivity contribution in [3.63, 3.8) is 0 Å². The quantitative estimate of drug-likeness (QED) is 0.362. The molecule has 0 aliphatic carbocycles. The summed E-state index contributed by atoms with van der Waals surface area (Å²) in [6, 6.07) is 9.22. The summed E-state index contributed by atoms with van der Waals surface area (Å²) < 4.78 is 0. The Labute approximate surface area is 129 Å². The van der Waals surface area contributed by atoms with Crippen molar-refractivity contribution in [3.8, 4) is 0 Å². The molecule has 0 amide bonds. The number of benzene rings is 1.